The molecule has 0 spiro atoms. The number of aliphatic hydroxyl groups excluding tert-OH is 1. The Hall–Kier alpha value is -0.500. The topological polar surface area (TPSA) is 20.2 Å². The van der Waals surface area contributed by atoms with E-state index < -0.39 is 0 Å². The van der Waals surface area contributed by atoms with Crippen molar-refractivity contribution in [3.63, 3.8) is 0 Å². The van der Waals surface area contributed by atoms with Crippen molar-refractivity contribution in [2.75, 3.05) is 0 Å². The van der Waals surface area contributed by atoms with Crippen LogP contribution in [0.4, 0.5) is 0 Å². The lowest BCUT2D eigenvalue weighted by Gasteiger charge is -2.08. The van der Waals surface area contributed by atoms with Gasteiger partial charge in [0.2, 0.25) is 0 Å². The third-order valence-corrected chi connectivity index (χ3v) is 3.70. The van der Waals surface area contributed by atoms with Gasteiger partial charge < -0.3 is 5.11 Å². The Kier molecular flexibility index (Phi) is 4.49. The van der Waals surface area contributed by atoms with Crippen molar-refractivity contribution in [1.29, 1.82) is 0 Å². The van der Waals surface area contributed by atoms with Crippen LogP contribution in [0.15, 0.2) is 29.8 Å². The van der Waals surface area contributed by atoms with Crippen molar-refractivity contribution >= 4 is 23.2 Å². The van der Waals surface area contributed by atoms with Crippen LogP contribution >= 0.6 is 23.2 Å². The lowest BCUT2D eigenvalue weighted by atomic mass is 10.0. The molecule has 1 unspecified atom stereocenters. The summed E-state index contributed by atoms with van der Waals surface area (Å²) in [4.78, 5) is 0. The highest BCUT2D eigenvalue weighted by atomic mass is 35.5. The summed E-state index contributed by atoms with van der Waals surface area (Å²) in [5.41, 5.74) is 2.36. The van der Waals surface area contributed by atoms with E-state index in [-0.39, 0.29) is 6.10 Å². The van der Waals surface area contributed by atoms with Gasteiger partial charge in [0.1, 0.15) is 0 Å². The maximum atomic E-state index is 9.72. The minimum atomic E-state index is -0.293. The molecule has 0 fully saturated rings. The molecule has 0 bridgehead atoms. The predicted molar refractivity (Wildman–Crippen MR) is 72.7 cm³/mol. The number of aliphatic hydroxyl groups is 1. The molecule has 1 atom stereocenters. The normalized spacial score (nSPS) is 20.9. The molecule has 1 aliphatic carbocycles. The monoisotopic (exact) mass is 270 g/mol. The Morgan fingerprint density at radius 1 is 1.24 bits per heavy atom. The highest BCUT2D eigenvalue weighted by Crippen LogP contribution is 2.26. The molecule has 0 heterocycles. The van der Waals surface area contributed by atoms with Crippen LogP contribution in [0.3, 0.4) is 0 Å². The Morgan fingerprint density at radius 3 is 2.82 bits per heavy atom. The van der Waals surface area contributed by atoms with Crippen LogP contribution < -0.4 is 0 Å². The second-order valence-electron chi connectivity index (χ2n) is 4.55. The van der Waals surface area contributed by atoms with Gasteiger partial charge in [0.05, 0.1) is 6.10 Å². The van der Waals surface area contributed by atoms with Gasteiger partial charge in [-0.1, -0.05) is 47.3 Å². The van der Waals surface area contributed by atoms with Gasteiger partial charge in [-0.2, -0.15) is 0 Å². The second-order valence-corrected chi connectivity index (χ2v) is 5.39. The van der Waals surface area contributed by atoms with Gasteiger partial charge in [0.25, 0.3) is 0 Å². The van der Waals surface area contributed by atoms with Crippen LogP contribution in [0.25, 0.3) is 0 Å². The summed E-state index contributed by atoms with van der Waals surface area (Å²) in [6.07, 6.45) is 6.67. The molecule has 3 heteroatoms. The molecule has 0 saturated heterocycles. The van der Waals surface area contributed by atoms with Gasteiger partial charge in [-0.05, 0) is 43.4 Å². The highest BCUT2D eigenvalue weighted by Gasteiger charge is 2.11. The van der Waals surface area contributed by atoms with E-state index in [1.807, 2.05) is 18.2 Å². The number of halogens is 2. The molecule has 1 aliphatic rings. The van der Waals surface area contributed by atoms with Crippen molar-refractivity contribution in [3.8, 4) is 0 Å². The lowest BCUT2D eigenvalue weighted by Crippen LogP contribution is -2.01. The first-order valence-electron chi connectivity index (χ1n) is 5.97. The largest absolute Gasteiger partial charge is 0.389 e. The molecule has 1 aromatic rings. The van der Waals surface area contributed by atoms with Gasteiger partial charge in [-0.25, -0.2) is 0 Å². The van der Waals surface area contributed by atoms with E-state index in [0.717, 1.165) is 37.7 Å². The van der Waals surface area contributed by atoms with Gasteiger partial charge >= 0.3 is 0 Å². The Bertz CT molecular complexity index is 426. The molecule has 17 heavy (non-hydrogen) atoms. The highest BCUT2D eigenvalue weighted by molar-refractivity contribution is 6.35. The molecular formula is C14H16Cl2O. The van der Waals surface area contributed by atoms with Gasteiger partial charge in [0, 0.05) is 10.0 Å². The minimum absolute atomic E-state index is 0.293. The molecule has 1 aromatic carbocycles. The molecule has 1 N–H and O–H groups in total. The van der Waals surface area contributed by atoms with Crippen LogP contribution in [0.1, 0.15) is 31.2 Å². The van der Waals surface area contributed by atoms with E-state index >= 15 is 0 Å². The zero-order valence-corrected chi connectivity index (χ0v) is 11.1. The SMILES string of the molecule is OC1C=C(Cc2ccc(Cl)cc2Cl)CCCC1. The van der Waals surface area contributed by atoms with Gasteiger partial charge in [0.15, 0.2) is 0 Å². The Balaban J connectivity index is 2.14. The molecular weight excluding hydrogens is 255 g/mol. The van der Waals surface area contributed by atoms with E-state index in [1.54, 1.807) is 6.07 Å². The molecule has 0 amide bonds. The van der Waals surface area contributed by atoms with Crippen molar-refractivity contribution in [2.45, 2.75) is 38.2 Å². The summed E-state index contributed by atoms with van der Waals surface area (Å²) in [7, 11) is 0. The maximum Gasteiger partial charge on any atom is 0.0723 e. The molecule has 0 saturated carbocycles. The Morgan fingerprint density at radius 2 is 2.06 bits per heavy atom. The molecule has 1 nitrogen and oxygen atoms in total. The third kappa shape index (κ3) is 3.74. The third-order valence-electron chi connectivity index (χ3n) is 3.11. The zero-order valence-electron chi connectivity index (χ0n) is 9.63. The fraction of sp³-hybridized carbons (Fsp3) is 0.429. The van der Waals surface area contributed by atoms with Crippen molar-refractivity contribution < 1.29 is 5.11 Å². The quantitative estimate of drug-likeness (QED) is 0.790. The number of hydrogen-bond donors (Lipinski definition) is 1. The number of allylic oxidation sites excluding steroid dienone is 1. The first-order valence-corrected chi connectivity index (χ1v) is 6.72. The lowest BCUT2D eigenvalue weighted by molar-refractivity contribution is 0.211. The summed E-state index contributed by atoms with van der Waals surface area (Å²) in [5.74, 6) is 0. The summed E-state index contributed by atoms with van der Waals surface area (Å²) in [6.45, 7) is 0. The summed E-state index contributed by atoms with van der Waals surface area (Å²) < 4.78 is 0. The van der Waals surface area contributed by atoms with Gasteiger partial charge in [-0.15, -0.1) is 0 Å². The Labute approximate surface area is 112 Å². The van der Waals surface area contributed by atoms with E-state index in [2.05, 4.69) is 0 Å². The average molecular weight is 271 g/mol. The van der Waals surface area contributed by atoms with Crippen LogP contribution in [0, 0.1) is 0 Å². The zero-order chi connectivity index (χ0) is 12.3. The van der Waals surface area contributed by atoms with Crippen LogP contribution in [0.2, 0.25) is 10.0 Å². The predicted octanol–water partition coefficient (Wildman–Crippen LogP) is 4.40. The maximum absolute atomic E-state index is 9.72. The molecule has 2 rings (SSSR count). The van der Waals surface area contributed by atoms with Crippen LogP contribution in [-0.2, 0) is 6.42 Å². The second kappa shape index (κ2) is 5.90. The fourth-order valence-electron chi connectivity index (χ4n) is 2.20. The van der Waals surface area contributed by atoms with Crippen LogP contribution in [-0.4, -0.2) is 11.2 Å². The van der Waals surface area contributed by atoms with E-state index in [1.165, 1.54) is 5.57 Å². The molecule has 0 radical (unpaired) electrons. The van der Waals surface area contributed by atoms with Gasteiger partial charge in [-0.3, -0.25) is 0 Å². The number of benzene rings is 1. The van der Waals surface area contributed by atoms with E-state index in [9.17, 15) is 5.11 Å². The first-order chi connectivity index (χ1) is 8.15. The standard InChI is InChI=1S/C14H16Cl2O/c15-12-6-5-11(14(16)9-12)7-10-3-1-2-4-13(17)8-10/h5-6,8-9,13,17H,1-4,7H2. The van der Waals surface area contributed by atoms with Crippen molar-refractivity contribution in [2.24, 2.45) is 0 Å². The van der Waals surface area contributed by atoms with Crippen LogP contribution in [0.5, 0.6) is 0 Å². The number of rotatable bonds is 2. The van der Waals surface area contributed by atoms with Crippen molar-refractivity contribution in [3.05, 3.63) is 45.5 Å². The number of hydrogen-bond acceptors (Lipinski definition) is 1. The minimum Gasteiger partial charge on any atom is -0.389 e. The summed E-state index contributed by atoms with van der Waals surface area (Å²) in [5, 5.41) is 11.1. The summed E-state index contributed by atoms with van der Waals surface area (Å²) in [6, 6.07) is 5.59. The molecule has 0 aliphatic heterocycles. The first kappa shape index (κ1) is 12.9. The smallest absolute Gasteiger partial charge is 0.0723 e. The van der Waals surface area contributed by atoms with E-state index in [4.69, 9.17) is 23.2 Å². The van der Waals surface area contributed by atoms with Crippen molar-refractivity contribution in [1.82, 2.24) is 0 Å². The van der Waals surface area contributed by atoms with E-state index in [0.29, 0.717) is 10.0 Å². The molecule has 0 aromatic heterocycles. The molecule has 92 valence electrons. The summed E-state index contributed by atoms with van der Waals surface area (Å²) >= 11 is 12.0. The average Bonchev–Trinajstić information content (AvgIpc) is 2.47. The fourth-order valence-corrected chi connectivity index (χ4v) is 2.68.